The molecule has 0 amide bonds. The van der Waals surface area contributed by atoms with E-state index in [1.54, 1.807) is 0 Å². The van der Waals surface area contributed by atoms with E-state index < -0.39 is 5.97 Å². The van der Waals surface area contributed by atoms with Crippen LogP contribution < -0.4 is 4.74 Å². The molecule has 0 bridgehead atoms. The maximum Gasteiger partial charge on any atom is 0.303 e. The van der Waals surface area contributed by atoms with E-state index in [9.17, 15) is 4.79 Å². The lowest BCUT2D eigenvalue weighted by Gasteiger charge is -2.21. The maximum absolute atomic E-state index is 10.6. The highest BCUT2D eigenvalue weighted by Gasteiger charge is 2.23. The van der Waals surface area contributed by atoms with Crippen molar-refractivity contribution in [3.8, 4) is 5.75 Å². The minimum Gasteiger partial charge on any atom is -0.489 e. The number of rotatable bonds is 9. The van der Waals surface area contributed by atoms with Gasteiger partial charge in [-0.15, -0.1) is 0 Å². The van der Waals surface area contributed by atoms with Crippen LogP contribution in [0.2, 0.25) is 0 Å². The lowest BCUT2D eigenvalue weighted by Crippen LogP contribution is -2.08. The Morgan fingerprint density at radius 1 is 0.966 bits per heavy atom. The minimum atomic E-state index is -0.733. The van der Waals surface area contributed by atoms with E-state index in [1.165, 1.54) is 48.0 Å². The molecule has 2 aromatic carbocycles. The molecule has 0 aromatic heterocycles. The SMILES string of the molecule is O=C(O)CCCc1ccc(OCC2=C(c3ccc(C4CC4)cc3)CCCC2)cc1. The molecule has 0 saturated heterocycles. The standard InChI is InChI=1S/C26H30O3/c27-26(28)7-3-4-19-8-16-24(17-9-19)29-18-23-5-1-2-6-25(23)22-14-12-21(13-15-22)20-10-11-20/h8-9,12-17,20H,1-7,10-11,18H2,(H,27,28). The summed E-state index contributed by atoms with van der Waals surface area (Å²) in [6.07, 6.45) is 9.13. The molecule has 3 nitrogen and oxygen atoms in total. The molecule has 1 fully saturated rings. The molecule has 4 rings (SSSR count). The van der Waals surface area contributed by atoms with E-state index >= 15 is 0 Å². The normalized spacial score (nSPS) is 16.7. The molecule has 0 spiro atoms. The molecule has 3 heteroatoms. The highest BCUT2D eigenvalue weighted by molar-refractivity contribution is 5.70. The third-order valence-corrected chi connectivity index (χ3v) is 6.08. The number of allylic oxidation sites excluding steroid dienone is 1. The van der Waals surface area contributed by atoms with Crippen LogP contribution in [0, 0.1) is 0 Å². The number of ether oxygens (including phenoxy) is 1. The number of carbonyl (C=O) groups is 1. The molecule has 0 heterocycles. The number of aryl methyl sites for hydroxylation is 1. The topological polar surface area (TPSA) is 46.5 Å². The molecular weight excluding hydrogens is 360 g/mol. The van der Waals surface area contributed by atoms with Crippen LogP contribution in [0.5, 0.6) is 5.75 Å². The van der Waals surface area contributed by atoms with Gasteiger partial charge in [0.05, 0.1) is 0 Å². The van der Waals surface area contributed by atoms with E-state index in [0.29, 0.717) is 13.0 Å². The van der Waals surface area contributed by atoms with Crippen molar-refractivity contribution in [1.82, 2.24) is 0 Å². The molecule has 0 atom stereocenters. The van der Waals surface area contributed by atoms with Crippen molar-refractivity contribution in [2.75, 3.05) is 6.61 Å². The highest BCUT2D eigenvalue weighted by atomic mass is 16.5. The van der Waals surface area contributed by atoms with Gasteiger partial charge in [0.1, 0.15) is 12.4 Å². The van der Waals surface area contributed by atoms with Gasteiger partial charge in [0.2, 0.25) is 0 Å². The zero-order valence-electron chi connectivity index (χ0n) is 17.0. The molecule has 2 aromatic rings. The summed E-state index contributed by atoms with van der Waals surface area (Å²) < 4.78 is 6.11. The molecule has 1 N–H and O–H groups in total. The first-order valence-corrected chi connectivity index (χ1v) is 10.9. The Kier molecular flexibility index (Phi) is 6.33. The van der Waals surface area contributed by atoms with Crippen LogP contribution in [0.15, 0.2) is 54.1 Å². The van der Waals surface area contributed by atoms with Crippen molar-refractivity contribution in [3.05, 3.63) is 70.8 Å². The summed E-state index contributed by atoms with van der Waals surface area (Å²) in [4.78, 5) is 10.6. The summed E-state index contributed by atoms with van der Waals surface area (Å²) in [6, 6.07) is 17.3. The average molecular weight is 391 g/mol. The Balaban J connectivity index is 1.38. The van der Waals surface area contributed by atoms with E-state index in [-0.39, 0.29) is 6.42 Å². The molecule has 0 unspecified atom stereocenters. The van der Waals surface area contributed by atoms with Gasteiger partial charge in [0.25, 0.3) is 0 Å². The number of hydrogen-bond donors (Lipinski definition) is 1. The van der Waals surface area contributed by atoms with Crippen LogP contribution in [-0.4, -0.2) is 17.7 Å². The minimum absolute atomic E-state index is 0.219. The average Bonchev–Trinajstić information content (AvgIpc) is 3.59. The summed E-state index contributed by atoms with van der Waals surface area (Å²) in [5.74, 6) is 0.955. The summed E-state index contributed by atoms with van der Waals surface area (Å²) in [5, 5.41) is 8.75. The van der Waals surface area contributed by atoms with Crippen LogP contribution in [-0.2, 0) is 11.2 Å². The van der Waals surface area contributed by atoms with Crippen molar-refractivity contribution in [2.24, 2.45) is 0 Å². The van der Waals surface area contributed by atoms with Gasteiger partial charge in [-0.25, -0.2) is 0 Å². The first kappa shape index (κ1) is 19.8. The molecule has 0 radical (unpaired) electrons. The highest BCUT2D eigenvalue weighted by Crippen LogP contribution is 2.41. The Hall–Kier alpha value is -2.55. The second-order valence-electron chi connectivity index (χ2n) is 8.37. The second-order valence-corrected chi connectivity index (χ2v) is 8.37. The predicted octanol–water partition coefficient (Wildman–Crippen LogP) is 6.38. The van der Waals surface area contributed by atoms with Crippen LogP contribution in [0.4, 0.5) is 0 Å². The number of carboxylic acid groups (broad SMARTS) is 1. The molecule has 1 saturated carbocycles. The zero-order chi connectivity index (χ0) is 20.1. The summed E-state index contributed by atoms with van der Waals surface area (Å²) in [5.41, 5.74) is 6.92. The first-order valence-electron chi connectivity index (χ1n) is 10.9. The van der Waals surface area contributed by atoms with Gasteiger partial charge in [-0.3, -0.25) is 4.79 Å². The number of hydrogen-bond acceptors (Lipinski definition) is 2. The number of aliphatic carboxylic acids is 1. The van der Waals surface area contributed by atoms with E-state index in [1.807, 2.05) is 24.3 Å². The summed E-state index contributed by atoms with van der Waals surface area (Å²) in [6.45, 7) is 0.651. The van der Waals surface area contributed by atoms with Crippen molar-refractivity contribution in [1.29, 1.82) is 0 Å². The van der Waals surface area contributed by atoms with Crippen molar-refractivity contribution < 1.29 is 14.6 Å². The largest absolute Gasteiger partial charge is 0.489 e. The summed E-state index contributed by atoms with van der Waals surface area (Å²) >= 11 is 0. The van der Waals surface area contributed by atoms with Gasteiger partial charge in [-0.2, -0.15) is 0 Å². The number of carboxylic acids is 1. The Labute approximate surface area is 173 Å². The first-order chi connectivity index (χ1) is 14.2. The molecule has 2 aliphatic carbocycles. The van der Waals surface area contributed by atoms with Crippen molar-refractivity contribution in [3.63, 3.8) is 0 Å². The third kappa shape index (κ3) is 5.50. The van der Waals surface area contributed by atoms with Gasteiger partial charge in [-0.1, -0.05) is 36.4 Å². The fourth-order valence-corrected chi connectivity index (χ4v) is 4.22. The van der Waals surface area contributed by atoms with Crippen molar-refractivity contribution >= 4 is 11.5 Å². The van der Waals surface area contributed by atoms with Crippen LogP contribution in [0.25, 0.3) is 5.57 Å². The fraction of sp³-hybridized carbons (Fsp3) is 0.423. The Morgan fingerprint density at radius 3 is 2.38 bits per heavy atom. The van der Waals surface area contributed by atoms with Crippen molar-refractivity contribution in [2.45, 2.75) is 63.7 Å². The van der Waals surface area contributed by atoms with Gasteiger partial charge < -0.3 is 9.84 Å². The second kappa shape index (κ2) is 9.30. The van der Waals surface area contributed by atoms with Crippen LogP contribution >= 0.6 is 0 Å². The summed E-state index contributed by atoms with van der Waals surface area (Å²) in [7, 11) is 0. The van der Waals surface area contributed by atoms with E-state index in [0.717, 1.165) is 36.5 Å². The molecule has 152 valence electrons. The van der Waals surface area contributed by atoms with Crippen LogP contribution in [0.1, 0.15) is 74.0 Å². The van der Waals surface area contributed by atoms with Gasteiger partial charge in [0.15, 0.2) is 0 Å². The fourth-order valence-electron chi connectivity index (χ4n) is 4.22. The molecule has 2 aliphatic rings. The zero-order valence-corrected chi connectivity index (χ0v) is 17.0. The molecule has 29 heavy (non-hydrogen) atoms. The molecule has 0 aliphatic heterocycles. The van der Waals surface area contributed by atoms with Gasteiger partial charge in [0, 0.05) is 6.42 Å². The smallest absolute Gasteiger partial charge is 0.303 e. The number of benzene rings is 2. The van der Waals surface area contributed by atoms with E-state index in [2.05, 4.69) is 24.3 Å². The maximum atomic E-state index is 10.6. The molecular formula is C26H30O3. The quantitative estimate of drug-likeness (QED) is 0.540. The van der Waals surface area contributed by atoms with Crippen LogP contribution in [0.3, 0.4) is 0 Å². The van der Waals surface area contributed by atoms with E-state index in [4.69, 9.17) is 9.84 Å². The Morgan fingerprint density at radius 2 is 1.69 bits per heavy atom. The third-order valence-electron chi connectivity index (χ3n) is 6.08. The predicted molar refractivity (Wildman–Crippen MR) is 116 cm³/mol. The van der Waals surface area contributed by atoms with Gasteiger partial charge >= 0.3 is 5.97 Å². The lowest BCUT2D eigenvalue weighted by atomic mass is 9.87. The lowest BCUT2D eigenvalue weighted by molar-refractivity contribution is -0.137. The van der Waals surface area contributed by atoms with Gasteiger partial charge in [-0.05, 0) is 97.3 Å². The Bertz CT molecular complexity index is 858. The monoisotopic (exact) mass is 390 g/mol.